The van der Waals surface area contributed by atoms with Crippen LogP contribution in [-0.4, -0.2) is 16.1 Å². The number of aromatic nitrogens is 2. The molecule has 0 bridgehead atoms. The summed E-state index contributed by atoms with van der Waals surface area (Å²) in [5.41, 5.74) is 1.19. The highest BCUT2D eigenvalue weighted by Gasteiger charge is 2.36. The zero-order valence-corrected chi connectivity index (χ0v) is 13.9. The molecule has 1 N–H and O–H groups in total. The Balaban J connectivity index is 1.72. The molecule has 0 unspecified atom stereocenters. The lowest BCUT2D eigenvalue weighted by Gasteiger charge is -2.19. The van der Waals surface area contributed by atoms with Gasteiger partial charge in [-0.1, -0.05) is 24.7 Å². The van der Waals surface area contributed by atoms with Gasteiger partial charge in [-0.2, -0.15) is 13.2 Å². The van der Waals surface area contributed by atoms with Crippen molar-refractivity contribution in [2.24, 2.45) is 5.92 Å². The number of amides is 1. The van der Waals surface area contributed by atoms with Crippen molar-refractivity contribution >= 4 is 33.7 Å². The molecule has 9 heteroatoms. The van der Waals surface area contributed by atoms with E-state index in [0.717, 1.165) is 25.7 Å². The molecule has 3 rings (SSSR count). The Morgan fingerprint density at radius 3 is 2.83 bits per heavy atom. The minimum atomic E-state index is -4.54. The molecule has 0 fully saturated rings. The summed E-state index contributed by atoms with van der Waals surface area (Å²) < 4.78 is 37.5. The van der Waals surface area contributed by atoms with E-state index in [0.29, 0.717) is 22.1 Å². The van der Waals surface area contributed by atoms with E-state index < -0.39 is 17.1 Å². The fraction of sp³-hybridized carbons (Fsp3) is 0.500. The molecular weight excluding hydrogens is 347 g/mol. The molecule has 0 saturated carbocycles. The largest absolute Gasteiger partial charge is 0.445 e. The fourth-order valence-corrected chi connectivity index (χ4v) is 4.32. The number of hydrogen-bond donors (Lipinski definition) is 1. The smallest absolute Gasteiger partial charge is 0.296 e. The zero-order valence-electron chi connectivity index (χ0n) is 12.2. The highest BCUT2D eigenvalue weighted by atomic mass is 32.1. The molecule has 1 aliphatic rings. The number of carbonyl (C=O) groups excluding carboxylic acids is 1. The van der Waals surface area contributed by atoms with Crippen LogP contribution in [0.15, 0.2) is 6.07 Å². The second kappa shape index (κ2) is 6.20. The molecule has 1 aliphatic carbocycles. The molecule has 1 amide bonds. The minimum Gasteiger partial charge on any atom is -0.296 e. The molecule has 0 spiro atoms. The van der Waals surface area contributed by atoms with E-state index in [9.17, 15) is 18.0 Å². The van der Waals surface area contributed by atoms with Crippen LogP contribution in [0.4, 0.5) is 18.3 Å². The van der Waals surface area contributed by atoms with Crippen LogP contribution in [0.5, 0.6) is 0 Å². The lowest BCUT2D eigenvalue weighted by Crippen LogP contribution is -2.11. The van der Waals surface area contributed by atoms with Gasteiger partial charge >= 0.3 is 6.18 Å². The maximum atomic E-state index is 12.5. The Bertz CT molecular complexity index is 723. The van der Waals surface area contributed by atoms with Crippen molar-refractivity contribution in [1.29, 1.82) is 0 Å². The Kier molecular flexibility index (Phi) is 4.41. The van der Waals surface area contributed by atoms with Crippen molar-refractivity contribution in [3.05, 3.63) is 26.4 Å². The van der Waals surface area contributed by atoms with Crippen molar-refractivity contribution in [3.63, 3.8) is 0 Å². The van der Waals surface area contributed by atoms with Crippen molar-refractivity contribution in [3.8, 4) is 0 Å². The van der Waals surface area contributed by atoms with Gasteiger partial charge in [-0.05, 0) is 36.8 Å². The lowest BCUT2D eigenvalue weighted by molar-refractivity contribution is -0.138. The zero-order chi connectivity index (χ0) is 16.6. The van der Waals surface area contributed by atoms with E-state index in [1.165, 1.54) is 21.8 Å². The van der Waals surface area contributed by atoms with Crippen LogP contribution in [-0.2, 0) is 19.0 Å². The lowest BCUT2D eigenvalue weighted by atomic mass is 9.87. The Morgan fingerprint density at radius 1 is 1.39 bits per heavy atom. The van der Waals surface area contributed by atoms with E-state index >= 15 is 0 Å². The summed E-state index contributed by atoms with van der Waals surface area (Å²) in [5.74, 6) is 0.216. The average molecular weight is 361 g/mol. The van der Waals surface area contributed by atoms with Crippen LogP contribution in [0, 0.1) is 5.92 Å². The highest BCUT2D eigenvalue weighted by Crippen LogP contribution is 2.35. The van der Waals surface area contributed by atoms with Gasteiger partial charge in [0, 0.05) is 4.88 Å². The highest BCUT2D eigenvalue weighted by molar-refractivity contribution is 7.16. The van der Waals surface area contributed by atoms with Gasteiger partial charge in [0.05, 0.1) is 4.88 Å². The van der Waals surface area contributed by atoms with Gasteiger partial charge in [0.2, 0.25) is 10.1 Å². The first kappa shape index (κ1) is 16.4. The predicted molar refractivity (Wildman–Crippen MR) is 83.0 cm³/mol. The number of hydrogen-bond acceptors (Lipinski definition) is 5. The van der Waals surface area contributed by atoms with Gasteiger partial charge in [-0.15, -0.1) is 21.5 Å². The second-order valence-corrected chi connectivity index (χ2v) is 7.55. The number of aryl methyl sites for hydroxylation is 1. The monoisotopic (exact) mass is 361 g/mol. The summed E-state index contributed by atoms with van der Waals surface area (Å²) in [5, 5.41) is 7.63. The Morgan fingerprint density at radius 2 is 2.17 bits per heavy atom. The van der Waals surface area contributed by atoms with Crippen molar-refractivity contribution < 1.29 is 18.0 Å². The number of halogens is 3. The molecule has 0 radical (unpaired) electrons. The topological polar surface area (TPSA) is 54.9 Å². The molecular formula is C14H14F3N3OS2. The van der Waals surface area contributed by atoms with Gasteiger partial charge in [-0.25, -0.2) is 0 Å². The van der Waals surface area contributed by atoms with Gasteiger partial charge in [0.1, 0.15) is 0 Å². The normalized spacial score (nSPS) is 17.8. The summed E-state index contributed by atoms with van der Waals surface area (Å²) in [6.45, 7) is 2.16. The predicted octanol–water partition coefficient (Wildman–Crippen LogP) is 4.39. The van der Waals surface area contributed by atoms with Crippen molar-refractivity contribution in [2.45, 2.75) is 38.8 Å². The third-order valence-electron chi connectivity index (χ3n) is 3.87. The van der Waals surface area contributed by atoms with Crippen LogP contribution >= 0.6 is 22.7 Å². The fourth-order valence-electron chi connectivity index (χ4n) is 2.61. The van der Waals surface area contributed by atoms with Gasteiger partial charge in [0.15, 0.2) is 0 Å². The first-order valence-corrected chi connectivity index (χ1v) is 8.83. The third kappa shape index (κ3) is 3.55. The number of rotatable bonds is 3. The second-order valence-electron chi connectivity index (χ2n) is 5.44. The van der Waals surface area contributed by atoms with Crippen LogP contribution in [0.25, 0.3) is 0 Å². The number of nitrogens with one attached hydrogen (secondary N) is 1. The van der Waals surface area contributed by atoms with Crippen LogP contribution < -0.4 is 5.32 Å². The molecule has 2 heterocycles. The maximum absolute atomic E-state index is 12.5. The molecule has 0 aliphatic heterocycles. The molecule has 0 saturated heterocycles. The molecule has 0 aromatic carbocycles. The SMILES string of the molecule is CC[C@H]1CCc2sc(C(=O)Nc3nnc(C(F)(F)F)s3)cc2C1. The average Bonchev–Trinajstić information content (AvgIpc) is 3.11. The van der Waals surface area contributed by atoms with Gasteiger partial charge < -0.3 is 0 Å². The summed E-state index contributed by atoms with van der Waals surface area (Å²) in [7, 11) is 0. The Hall–Kier alpha value is -1.48. The molecule has 124 valence electrons. The molecule has 1 atom stereocenters. The number of alkyl halides is 3. The van der Waals surface area contributed by atoms with E-state index in [1.54, 1.807) is 0 Å². The maximum Gasteiger partial charge on any atom is 0.445 e. The summed E-state index contributed by atoms with van der Waals surface area (Å²) in [4.78, 5) is 13.9. The summed E-state index contributed by atoms with van der Waals surface area (Å²) in [6.07, 6.45) is -0.383. The van der Waals surface area contributed by atoms with E-state index in [1.807, 2.05) is 6.07 Å². The molecule has 2 aromatic heterocycles. The van der Waals surface area contributed by atoms with Gasteiger partial charge in [0.25, 0.3) is 5.91 Å². The quantitative estimate of drug-likeness (QED) is 0.882. The minimum absolute atomic E-state index is 0.139. The number of anilines is 1. The van der Waals surface area contributed by atoms with Crippen LogP contribution in [0.3, 0.4) is 0 Å². The first-order chi connectivity index (χ1) is 10.9. The Labute approximate surface area is 138 Å². The standard InChI is InChI=1S/C14H14F3N3OS2/c1-2-7-3-4-9-8(5-7)6-10(22-9)11(21)18-13-20-19-12(23-13)14(15,16)17/h6-7H,2-5H2,1H3,(H,18,20,21)/t7-/m0/s1. The van der Waals surface area contributed by atoms with E-state index in [-0.39, 0.29) is 5.13 Å². The summed E-state index contributed by atoms with van der Waals surface area (Å²) >= 11 is 1.74. The molecule has 2 aromatic rings. The number of nitrogens with zero attached hydrogens (tertiary/aromatic N) is 2. The van der Waals surface area contributed by atoms with E-state index in [2.05, 4.69) is 22.4 Å². The van der Waals surface area contributed by atoms with Crippen molar-refractivity contribution in [1.82, 2.24) is 10.2 Å². The van der Waals surface area contributed by atoms with Crippen molar-refractivity contribution in [2.75, 3.05) is 5.32 Å². The summed E-state index contributed by atoms with van der Waals surface area (Å²) in [6, 6.07) is 1.85. The third-order valence-corrected chi connectivity index (χ3v) is 5.99. The first-order valence-electron chi connectivity index (χ1n) is 7.20. The number of carbonyl (C=O) groups is 1. The van der Waals surface area contributed by atoms with Crippen LogP contribution in [0.2, 0.25) is 0 Å². The molecule has 4 nitrogen and oxygen atoms in total. The number of fused-ring (bicyclic) bond motifs is 1. The number of thiophene rings is 1. The molecule has 23 heavy (non-hydrogen) atoms. The van der Waals surface area contributed by atoms with Crippen LogP contribution in [0.1, 0.15) is 44.9 Å². The van der Waals surface area contributed by atoms with E-state index in [4.69, 9.17) is 0 Å². The van der Waals surface area contributed by atoms with Gasteiger partial charge in [-0.3, -0.25) is 10.1 Å².